The first-order chi connectivity index (χ1) is 12.5. The molecule has 3 aromatic rings. The number of benzene rings is 2. The number of anilines is 1. The molecule has 0 unspecified atom stereocenters. The van der Waals surface area contributed by atoms with Crippen molar-refractivity contribution in [2.45, 2.75) is 0 Å². The zero-order valence-corrected chi connectivity index (χ0v) is 17.7. The number of para-hydroxylation sites is 1. The number of halogens is 2. The second-order valence-electron chi connectivity index (χ2n) is 6.07. The monoisotopic (exact) mass is 425 g/mol. The SMILES string of the molecule is COc1cccc2sc(N(CCN(C)C)C(=O)c3cccc(Cl)c3)nc12.Cl. The van der Waals surface area contributed by atoms with Crippen molar-refractivity contribution in [2.75, 3.05) is 39.2 Å². The van der Waals surface area contributed by atoms with Crippen molar-refractivity contribution in [3.63, 3.8) is 0 Å². The summed E-state index contributed by atoms with van der Waals surface area (Å²) in [6, 6.07) is 12.8. The van der Waals surface area contributed by atoms with Gasteiger partial charge in [0.1, 0.15) is 11.3 Å². The van der Waals surface area contributed by atoms with Gasteiger partial charge in [-0.15, -0.1) is 12.4 Å². The molecule has 0 saturated heterocycles. The van der Waals surface area contributed by atoms with E-state index >= 15 is 0 Å². The highest BCUT2D eigenvalue weighted by Gasteiger charge is 2.22. The van der Waals surface area contributed by atoms with Gasteiger partial charge in [-0.25, -0.2) is 4.98 Å². The van der Waals surface area contributed by atoms with Gasteiger partial charge in [-0.05, 0) is 44.4 Å². The number of carbonyl (C=O) groups is 1. The molecule has 144 valence electrons. The molecular formula is C19H21Cl2N3O2S. The number of rotatable bonds is 6. The van der Waals surface area contributed by atoms with Crippen molar-refractivity contribution >= 4 is 56.6 Å². The molecule has 3 rings (SSSR count). The molecule has 0 aliphatic rings. The maximum absolute atomic E-state index is 13.1. The fourth-order valence-corrected chi connectivity index (χ4v) is 3.75. The normalized spacial score (nSPS) is 10.7. The number of hydrogen-bond acceptors (Lipinski definition) is 5. The molecule has 5 nitrogen and oxygen atoms in total. The molecule has 0 saturated carbocycles. The average molecular weight is 426 g/mol. The van der Waals surface area contributed by atoms with Gasteiger partial charge in [0.25, 0.3) is 5.91 Å². The number of likely N-dealkylation sites (N-methyl/N-ethyl adjacent to an activating group) is 1. The Morgan fingerprint density at radius 2 is 1.93 bits per heavy atom. The standard InChI is InChI=1S/C19H20ClN3O2S.ClH/c1-22(2)10-11-23(18(24)13-6-4-7-14(20)12-13)19-21-17-15(25-3)8-5-9-16(17)26-19;/h4-9,12H,10-11H2,1-3H3;1H. The molecule has 0 bridgehead atoms. The molecule has 1 aromatic heterocycles. The third-order valence-electron chi connectivity index (χ3n) is 3.91. The Morgan fingerprint density at radius 3 is 2.59 bits per heavy atom. The lowest BCUT2D eigenvalue weighted by atomic mass is 10.2. The van der Waals surface area contributed by atoms with Crippen molar-refractivity contribution in [1.82, 2.24) is 9.88 Å². The molecule has 0 aliphatic heterocycles. The first-order valence-corrected chi connectivity index (χ1v) is 9.34. The first kappa shape index (κ1) is 21.4. The van der Waals surface area contributed by atoms with Crippen LogP contribution in [-0.4, -0.2) is 50.1 Å². The molecule has 0 N–H and O–H groups in total. The Morgan fingerprint density at radius 1 is 1.19 bits per heavy atom. The van der Waals surface area contributed by atoms with Crippen LogP contribution in [0.2, 0.25) is 5.02 Å². The summed E-state index contributed by atoms with van der Waals surface area (Å²) in [7, 11) is 5.57. The summed E-state index contributed by atoms with van der Waals surface area (Å²) >= 11 is 7.54. The fraction of sp³-hybridized carbons (Fsp3) is 0.263. The van der Waals surface area contributed by atoms with Crippen LogP contribution in [0.25, 0.3) is 10.2 Å². The van der Waals surface area contributed by atoms with Gasteiger partial charge in [0.2, 0.25) is 0 Å². The predicted molar refractivity (Wildman–Crippen MR) is 115 cm³/mol. The summed E-state index contributed by atoms with van der Waals surface area (Å²) in [5.74, 6) is 0.583. The molecule has 1 amide bonds. The van der Waals surface area contributed by atoms with Gasteiger partial charge in [0, 0.05) is 23.7 Å². The van der Waals surface area contributed by atoms with Crippen molar-refractivity contribution in [3.8, 4) is 5.75 Å². The van der Waals surface area contributed by atoms with E-state index in [1.54, 1.807) is 36.3 Å². The van der Waals surface area contributed by atoms with Gasteiger partial charge in [-0.3, -0.25) is 9.69 Å². The molecule has 0 fully saturated rings. The lowest BCUT2D eigenvalue weighted by molar-refractivity contribution is 0.0985. The minimum absolute atomic E-state index is 0. The summed E-state index contributed by atoms with van der Waals surface area (Å²) in [5.41, 5.74) is 1.31. The van der Waals surface area contributed by atoms with Crippen molar-refractivity contribution < 1.29 is 9.53 Å². The van der Waals surface area contributed by atoms with Crippen molar-refractivity contribution in [3.05, 3.63) is 53.1 Å². The second-order valence-corrected chi connectivity index (χ2v) is 7.52. The summed E-state index contributed by atoms with van der Waals surface area (Å²) in [6.45, 7) is 1.25. The Bertz CT molecular complexity index is 930. The van der Waals surface area contributed by atoms with E-state index in [9.17, 15) is 4.79 Å². The van der Waals surface area contributed by atoms with Crippen LogP contribution < -0.4 is 9.64 Å². The van der Waals surface area contributed by atoms with E-state index < -0.39 is 0 Å². The van der Waals surface area contributed by atoms with Gasteiger partial charge in [0.05, 0.1) is 11.8 Å². The molecular weight excluding hydrogens is 405 g/mol. The van der Waals surface area contributed by atoms with Crippen LogP contribution in [0, 0.1) is 0 Å². The quantitative estimate of drug-likeness (QED) is 0.579. The van der Waals surface area contributed by atoms with Gasteiger partial charge < -0.3 is 9.64 Å². The largest absolute Gasteiger partial charge is 0.494 e. The number of ether oxygens (including phenoxy) is 1. The van der Waals surface area contributed by atoms with Gasteiger partial charge in [-0.1, -0.05) is 35.1 Å². The molecule has 2 aromatic carbocycles. The molecule has 0 radical (unpaired) electrons. The van der Waals surface area contributed by atoms with Crippen LogP contribution in [0.1, 0.15) is 10.4 Å². The molecule has 27 heavy (non-hydrogen) atoms. The Labute approximate surface area is 173 Å². The highest BCUT2D eigenvalue weighted by Crippen LogP contribution is 2.34. The highest BCUT2D eigenvalue weighted by molar-refractivity contribution is 7.22. The molecule has 0 atom stereocenters. The number of aromatic nitrogens is 1. The summed E-state index contributed by atoms with van der Waals surface area (Å²) in [4.78, 5) is 21.5. The van der Waals surface area contributed by atoms with E-state index in [0.717, 1.165) is 16.8 Å². The number of carbonyl (C=O) groups excluding carboxylic acids is 1. The third-order valence-corrected chi connectivity index (χ3v) is 5.19. The van der Waals surface area contributed by atoms with Crippen LogP contribution in [-0.2, 0) is 0 Å². The number of hydrogen-bond donors (Lipinski definition) is 0. The van der Waals surface area contributed by atoms with Crippen LogP contribution >= 0.6 is 35.3 Å². The van der Waals surface area contributed by atoms with E-state index in [4.69, 9.17) is 16.3 Å². The first-order valence-electron chi connectivity index (χ1n) is 8.15. The average Bonchev–Trinajstić information content (AvgIpc) is 3.05. The van der Waals surface area contributed by atoms with E-state index in [0.29, 0.717) is 28.0 Å². The molecule has 0 aliphatic carbocycles. The van der Waals surface area contributed by atoms with Crippen molar-refractivity contribution in [1.29, 1.82) is 0 Å². The summed E-state index contributed by atoms with van der Waals surface area (Å²) in [6.07, 6.45) is 0. The zero-order valence-electron chi connectivity index (χ0n) is 15.3. The lowest BCUT2D eigenvalue weighted by Gasteiger charge is -2.22. The maximum atomic E-state index is 13.1. The van der Waals surface area contributed by atoms with Gasteiger partial charge >= 0.3 is 0 Å². The second kappa shape index (κ2) is 9.37. The van der Waals surface area contributed by atoms with Crippen LogP contribution in [0.3, 0.4) is 0 Å². The van der Waals surface area contributed by atoms with Crippen LogP contribution in [0.5, 0.6) is 5.75 Å². The smallest absolute Gasteiger partial charge is 0.260 e. The highest BCUT2D eigenvalue weighted by atomic mass is 35.5. The molecule has 0 spiro atoms. The zero-order chi connectivity index (χ0) is 18.7. The Hall–Kier alpha value is -1.86. The Balaban J connectivity index is 0.00000261. The van der Waals surface area contributed by atoms with E-state index in [1.165, 1.54) is 11.3 Å². The fourth-order valence-electron chi connectivity index (χ4n) is 2.55. The number of nitrogens with zero attached hydrogens (tertiary/aromatic N) is 3. The van der Waals surface area contributed by atoms with E-state index in [2.05, 4.69) is 4.98 Å². The van der Waals surface area contributed by atoms with Crippen molar-refractivity contribution in [2.24, 2.45) is 0 Å². The number of fused-ring (bicyclic) bond motifs is 1. The van der Waals surface area contributed by atoms with Crippen LogP contribution in [0.4, 0.5) is 5.13 Å². The summed E-state index contributed by atoms with van der Waals surface area (Å²) < 4.78 is 6.37. The number of thiazole rings is 1. The lowest BCUT2D eigenvalue weighted by Crippen LogP contribution is -2.36. The predicted octanol–water partition coefficient (Wildman–Crippen LogP) is 4.59. The Kier molecular flexibility index (Phi) is 7.44. The van der Waals surface area contributed by atoms with E-state index in [-0.39, 0.29) is 18.3 Å². The van der Waals surface area contributed by atoms with Gasteiger partial charge in [-0.2, -0.15) is 0 Å². The molecule has 1 heterocycles. The van der Waals surface area contributed by atoms with E-state index in [1.807, 2.05) is 37.2 Å². The minimum Gasteiger partial charge on any atom is -0.494 e. The van der Waals surface area contributed by atoms with Crippen LogP contribution in [0.15, 0.2) is 42.5 Å². The van der Waals surface area contributed by atoms with Gasteiger partial charge in [0.15, 0.2) is 5.13 Å². The third kappa shape index (κ3) is 4.90. The summed E-state index contributed by atoms with van der Waals surface area (Å²) in [5, 5.41) is 1.19. The maximum Gasteiger partial charge on any atom is 0.260 e. The number of methoxy groups -OCH3 is 1. The molecule has 8 heteroatoms. The minimum atomic E-state index is -0.118. The topological polar surface area (TPSA) is 45.7 Å². The number of amides is 1.